The lowest BCUT2D eigenvalue weighted by molar-refractivity contribution is -0.140. The first-order valence-electron chi connectivity index (χ1n) is 6.38. The van der Waals surface area contributed by atoms with Crippen molar-refractivity contribution < 1.29 is 14.3 Å². The Labute approximate surface area is 112 Å². The van der Waals surface area contributed by atoms with Gasteiger partial charge in [0.05, 0.1) is 13.7 Å². The van der Waals surface area contributed by atoms with E-state index < -0.39 is 0 Å². The molecule has 0 aliphatic rings. The number of hydrogen-bond donors (Lipinski definition) is 1. The van der Waals surface area contributed by atoms with Crippen molar-refractivity contribution in [1.29, 1.82) is 0 Å². The number of esters is 1. The average molecular weight is 268 g/mol. The first kappa shape index (κ1) is 15.1. The van der Waals surface area contributed by atoms with Gasteiger partial charge >= 0.3 is 5.97 Å². The molecule has 1 N–H and O–H groups in total. The Hall–Kier alpha value is -1.92. The molecule has 0 aliphatic carbocycles. The van der Waals surface area contributed by atoms with Gasteiger partial charge in [0.15, 0.2) is 0 Å². The molecule has 1 aromatic heterocycles. The van der Waals surface area contributed by atoms with Gasteiger partial charge in [-0.05, 0) is 12.8 Å². The van der Waals surface area contributed by atoms with E-state index in [9.17, 15) is 9.59 Å². The van der Waals surface area contributed by atoms with Crippen LogP contribution in [0.5, 0.6) is 0 Å². The Morgan fingerprint density at radius 3 is 2.79 bits per heavy atom. The third-order valence-corrected chi connectivity index (χ3v) is 2.64. The third kappa shape index (κ3) is 7.17. The number of unbranched alkanes of at least 4 members (excludes halogenated alkanes) is 2. The van der Waals surface area contributed by atoms with Crippen LogP contribution in [0.4, 0.5) is 0 Å². The van der Waals surface area contributed by atoms with E-state index in [-0.39, 0.29) is 11.9 Å². The van der Waals surface area contributed by atoms with Gasteiger partial charge in [0.25, 0.3) is 0 Å². The molecular formula is C12H20N4O3. The van der Waals surface area contributed by atoms with Gasteiger partial charge in [0.1, 0.15) is 12.7 Å². The molecule has 1 heterocycles. The van der Waals surface area contributed by atoms with Gasteiger partial charge in [-0.3, -0.25) is 14.3 Å². The molecule has 1 rings (SSSR count). The molecule has 7 heteroatoms. The van der Waals surface area contributed by atoms with Crippen molar-refractivity contribution in [3.8, 4) is 0 Å². The molecule has 7 nitrogen and oxygen atoms in total. The summed E-state index contributed by atoms with van der Waals surface area (Å²) in [4.78, 5) is 26.1. The van der Waals surface area contributed by atoms with E-state index in [0.29, 0.717) is 25.9 Å². The first-order chi connectivity index (χ1) is 9.22. The number of ether oxygens (including phenoxy) is 1. The highest BCUT2D eigenvalue weighted by Gasteiger charge is 2.02. The molecule has 0 radical (unpaired) electrons. The number of carbonyl (C=O) groups is 2. The number of rotatable bonds is 9. The van der Waals surface area contributed by atoms with Gasteiger partial charge < -0.3 is 10.1 Å². The molecule has 1 aromatic rings. The average Bonchev–Trinajstić information content (AvgIpc) is 2.93. The van der Waals surface area contributed by atoms with E-state index in [1.807, 2.05) is 0 Å². The van der Waals surface area contributed by atoms with Crippen molar-refractivity contribution in [1.82, 2.24) is 20.1 Å². The summed E-state index contributed by atoms with van der Waals surface area (Å²) in [6.07, 6.45) is 6.42. The number of nitrogens with zero attached hydrogens (tertiary/aromatic N) is 3. The summed E-state index contributed by atoms with van der Waals surface area (Å²) in [5.74, 6) is -0.180. The minimum absolute atomic E-state index is 0.00321. The van der Waals surface area contributed by atoms with E-state index in [4.69, 9.17) is 0 Å². The smallest absolute Gasteiger partial charge is 0.305 e. The zero-order valence-electron chi connectivity index (χ0n) is 11.2. The van der Waals surface area contributed by atoms with Crippen LogP contribution in [-0.2, 0) is 20.9 Å². The van der Waals surface area contributed by atoms with Crippen LogP contribution in [0.15, 0.2) is 12.7 Å². The highest BCUT2D eigenvalue weighted by Crippen LogP contribution is 2.00. The second kappa shape index (κ2) is 9.07. The van der Waals surface area contributed by atoms with Crippen molar-refractivity contribution in [2.24, 2.45) is 0 Å². The van der Waals surface area contributed by atoms with Crippen LogP contribution in [0.1, 0.15) is 32.1 Å². The number of carbonyl (C=O) groups excluding carboxylic acids is 2. The number of hydrogen-bond acceptors (Lipinski definition) is 5. The summed E-state index contributed by atoms with van der Waals surface area (Å²) >= 11 is 0. The maximum Gasteiger partial charge on any atom is 0.305 e. The number of aromatic nitrogens is 3. The normalized spacial score (nSPS) is 10.2. The predicted molar refractivity (Wildman–Crippen MR) is 68.1 cm³/mol. The molecule has 0 spiro atoms. The highest BCUT2D eigenvalue weighted by atomic mass is 16.5. The maximum absolute atomic E-state index is 11.5. The maximum atomic E-state index is 11.5. The van der Waals surface area contributed by atoms with Gasteiger partial charge in [0, 0.05) is 19.4 Å². The van der Waals surface area contributed by atoms with E-state index in [2.05, 4.69) is 20.1 Å². The summed E-state index contributed by atoms with van der Waals surface area (Å²) in [7, 11) is 1.39. The van der Waals surface area contributed by atoms with Gasteiger partial charge in [-0.15, -0.1) is 0 Å². The second-order valence-electron chi connectivity index (χ2n) is 4.15. The Balaban J connectivity index is 1.94. The van der Waals surface area contributed by atoms with E-state index in [0.717, 1.165) is 19.3 Å². The summed E-state index contributed by atoms with van der Waals surface area (Å²) < 4.78 is 6.16. The van der Waals surface area contributed by atoms with Gasteiger partial charge in [0.2, 0.25) is 5.91 Å². The molecule has 0 unspecified atom stereocenters. The van der Waals surface area contributed by atoms with Crippen LogP contribution in [0.2, 0.25) is 0 Å². The molecule has 0 saturated carbocycles. The van der Waals surface area contributed by atoms with Gasteiger partial charge in [-0.2, -0.15) is 5.10 Å². The molecule has 1 amide bonds. The lowest BCUT2D eigenvalue weighted by Crippen LogP contribution is -2.25. The summed E-state index contributed by atoms with van der Waals surface area (Å²) in [6, 6.07) is 0. The fourth-order valence-electron chi connectivity index (χ4n) is 1.55. The first-order valence-corrected chi connectivity index (χ1v) is 6.38. The van der Waals surface area contributed by atoms with Crippen molar-refractivity contribution in [3.63, 3.8) is 0 Å². The molecule has 0 saturated heterocycles. The molecule has 0 aromatic carbocycles. The van der Waals surface area contributed by atoms with Crippen LogP contribution in [0.25, 0.3) is 0 Å². The molecule has 19 heavy (non-hydrogen) atoms. The largest absolute Gasteiger partial charge is 0.469 e. The monoisotopic (exact) mass is 268 g/mol. The van der Waals surface area contributed by atoms with Crippen LogP contribution in [0.3, 0.4) is 0 Å². The zero-order chi connectivity index (χ0) is 13.9. The quantitative estimate of drug-likeness (QED) is 0.521. The molecule has 0 atom stereocenters. The zero-order valence-corrected chi connectivity index (χ0v) is 11.2. The fourth-order valence-corrected chi connectivity index (χ4v) is 1.55. The minimum Gasteiger partial charge on any atom is -0.469 e. The minimum atomic E-state index is -0.183. The van der Waals surface area contributed by atoms with Crippen LogP contribution >= 0.6 is 0 Å². The van der Waals surface area contributed by atoms with Crippen LogP contribution in [-0.4, -0.2) is 40.3 Å². The van der Waals surface area contributed by atoms with E-state index in [1.165, 1.54) is 13.4 Å². The van der Waals surface area contributed by atoms with Gasteiger partial charge in [-0.1, -0.05) is 6.42 Å². The molecular weight excluding hydrogens is 248 g/mol. The Bertz CT molecular complexity index is 378. The van der Waals surface area contributed by atoms with Crippen molar-refractivity contribution in [2.45, 2.75) is 38.6 Å². The van der Waals surface area contributed by atoms with Crippen molar-refractivity contribution in [2.75, 3.05) is 13.7 Å². The molecule has 0 bridgehead atoms. The molecule has 106 valence electrons. The number of methoxy groups -OCH3 is 1. The van der Waals surface area contributed by atoms with Crippen molar-refractivity contribution >= 4 is 11.9 Å². The molecule has 0 aliphatic heterocycles. The summed E-state index contributed by atoms with van der Waals surface area (Å²) in [5, 5.41) is 6.75. The lowest BCUT2D eigenvalue weighted by atomic mass is 10.2. The van der Waals surface area contributed by atoms with E-state index in [1.54, 1.807) is 11.0 Å². The predicted octanol–water partition coefficient (Wildman–Crippen LogP) is 0.518. The molecule has 0 fully saturated rings. The second-order valence-corrected chi connectivity index (χ2v) is 4.15. The highest BCUT2D eigenvalue weighted by molar-refractivity contribution is 5.75. The summed E-state index contributed by atoms with van der Waals surface area (Å²) in [6.45, 7) is 1.17. The van der Waals surface area contributed by atoms with E-state index >= 15 is 0 Å². The standard InChI is InChI=1S/C12H20N4O3/c1-19-12(18)5-3-2-4-7-14-11(17)6-8-16-10-13-9-15-16/h9-10H,2-8H2,1H3,(H,14,17). The Morgan fingerprint density at radius 1 is 1.26 bits per heavy atom. The Morgan fingerprint density at radius 2 is 2.11 bits per heavy atom. The van der Waals surface area contributed by atoms with Gasteiger partial charge in [-0.25, -0.2) is 4.98 Å². The van der Waals surface area contributed by atoms with Crippen molar-refractivity contribution in [3.05, 3.63) is 12.7 Å². The fraction of sp³-hybridized carbons (Fsp3) is 0.667. The SMILES string of the molecule is COC(=O)CCCCCNC(=O)CCn1cncn1. The number of aryl methyl sites for hydroxylation is 1. The lowest BCUT2D eigenvalue weighted by Gasteiger charge is -2.05. The number of amides is 1. The number of nitrogens with one attached hydrogen (secondary N) is 1. The Kier molecular flexibility index (Phi) is 7.23. The topological polar surface area (TPSA) is 86.1 Å². The third-order valence-electron chi connectivity index (χ3n) is 2.64. The summed E-state index contributed by atoms with van der Waals surface area (Å²) in [5.41, 5.74) is 0. The van der Waals surface area contributed by atoms with Crippen LogP contribution in [0, 0.1) is 0 Å². The van der Waals surface area contributed by atoms with Crippen LogP contribution < -0.4 is 5.32 Å².